The highest BCUT2D eigenvalue weighted by Gasteiger charge is 2.51. The molecule has 0 aromatic carbocycles. The first kappa shape index (κ1) is 8.83. The third-order valence-electron chi connectivity index (χ3n) is 4.25. The van der Waals surface area contributed by atoms with E-state index in [1.165, 1.54) is 38.6 Å². The Hall–Kier alpha value is 0.250. The minimum Gasteiger partial charge on any atom is -0.311 e. The van der Waals surface area contributed by atoms with Gasteiger partial charge in [0.25, 0.3) is 0 Å². The maximum atomic E-state index is 3.76. The number of fused-ring (bicyclic) bond motifs is 3. The molecule has 0 radical (unpaired) electrons. The zero-order valence-corrected chi connectivity index (χ0v) is 8.33. The second-order valence-electron chi connectivity index (χ2n) is 4.77. The summed E-state index contributed by atoms with van der Waals surface area (Å²) in [5.74, 6) is 2.17. The van der Waals surface area contributed by atoms with Gasteiger partial charge in [0.15, 0.2) is 0 Å². The lowest BCUT2D eigenvalue weighted by Gasteiger charge is -2.34. The molecular formula is C10H18ClN. The van der Waals surface area contributed by atoms with E-state index in [-0.39, 0.29) is 12.4 Å². The first-order valence-corrected chi connectivity index (χ1v) is 5.14. The van der Waals surface area contributed by atoms with Gasteiger partial charge in [0.05, 0.1) is 0 Å². The summed E-state index contributed by atoms with van der Waals surface area (Å²) in [6.07, 6.45) is 9.04. The van der Waals surface area contributed by atoms with Crippen LogP contribution < -0.4 is 5.32 Å². The van der Waals surface area contributed by atoms with Gasteiger partial charge < -0.3 is 5.32 Å². The van der Waals surface area contributed by atoms with Crippen molar-refractivity contribution < 1.29 is 0 Å². The van der Waals surface area contributed by atoms with Gasteiger partial charge in [0.2, 0.25) is 0 Å². The van der Waals surface area contributed by atoms with Crippen LogP contribution in [0.15, 0.2) is 0 Å². The molecule has 2 bridgehead atoms. The Balaban J connectivity index is 0.000000563. The molecule has 0 aromatic heterocycles. The summed E-state index contributed by atoms with van der Waals surface area (Å²) in [5, 5.41) is 3.76. The number of halogens is 1. The Morgan fingerprint density at radius 1 is 1.25 bits per heavy atom. The molecule has 0 aromatic rings. The van der Waals surface area contributed by atoms with E-state index >= 15 is 0 Å². The fourth-order valence-corrected chi connectivity index (χ4v) is 3.80. The van der Waals surface area contributed by atoms with E-state index in [4.69, 9.17) is 0 Å². The van der Waals surface area contributed by atoms with Crippen LogP contribution in [0.2, 0.25) is 0 Å². The van der Waals surface area contributed by atoms with Crippen LogP contribution in [0.3, 0.4) is 0 Å². The van der Waals surface area contributed by atoms with E-state index in [0.29, 0.717) is 5.54 Å². The van der Waals surface area contributed by atoms with E-state index < -0.39 is 0 Å². The molecule has 1 N–H and O–H groups in total. The molecule has 1 heterocycles. The molecule has 3 atom stereocenters. The zero-order chi connectivity index (χ0) is 7.31. The predicted molar refractivity (Wildman–Crippen MR) is 52.7 cm³/mol. The molecular weight excluding hydrogens is 170 g/mol. The minimum atomic E-state index is 0. The number of nitrogens with one attached hydrogen (secondary N) is 1. The molecule has 3 unspecified atom stereocenters. The van der Waals surface area contributed by atoms with E-state index in [1.807, 2.05) is 0 Å². The Labute approximate surface area is 80.7 Å². The molecule has 2 heteroatoms. The lowest BCUT2D eigenvalue weighted by molar-refractivity contribution is 0.239. The van der Waals surface area contributed by atoms with Gasteiger partial charge in [-0.2, -0.15) is 0 Å². The quantitative estimate of drug-likeness (QED) is 0.614. The van der Waals surface area contributed by atoms with Gasteiger partial charge in [-0.1, -0.05) is 6.42 Å². The fourth-order valence-electron chi connectivity index (χ4n) is 3.80. The first-order chi connectivity index (χ1) is 5.39. The molecule has 0 amide bonds. The van der Waals surface area contributed by atoms with Gasteiger partial charge in [0.1, 0.15) is 0 Å². The van der Waals surface area contributed by atoms with Crippen LogP contribution >= 0.6 is 12.4 Å². The average molecular weight is 188 g/mol. The van der Waals surface area contributed by atoms with Gasteiger partial charge in [-0.05, 0) is 50.5 Å². The number of hydrogen-bond acceptors (Lipinski definition) is 1. The molecule has 2 saturated carbocycles. The van der Waals surface area contributed by atoms with E-state index in [9.17, 15) is 0 Å². The van der Waals surface area contributed by atoms with Gasteiger partial charge in [-0.3, -0.25) is 0 Å². The van der Waals surface area contributed by atoms with Gasteiger partial charge in [0, 0.05) is 5.54 Å². The molecule has 3 rings (SSSR count). The first-order valence-electron chi connectivity index (χ1n) is 5.14. The standard InChI is InChI=1S/C10H17N.ClH/c1-4-10(11-5-1)7-8-2-3-9(10)6-8;/h8-9,11H,1-7H2;1H. The molecule has 1 nitrogen and oxygen atoms in total. The Kier molecular flexibility index (Phi) is 2.12. The maximum absolute atomic E-state index is 3.76. The van der Waals surface area contributed by atoms with Crippen molar-refractivity contribution in [1.82, 2.24) is 5.32 Å². The second-order valence-corrected chi connectivity index (χ2v) is 4.77. The third kappa shape index (κ3) is 1.03. The Morgan fingerprint density at radius 2 is 2.17 bits per heavy atom. The van der Waals surface area contributed by atoms with Crippen molar-refractivity contribution in [2.45, 2.75) is 44.1 Å². The van der Waals surface area contributed by atoms with Crippen molar-refractivity contribution in [1.29, 1.82) is 0 Å². The Bertz CT molecular complexity index is 175. The van der Waals surface area contributed by atoms with Gasteiger partial charge >= 0.3 is 0 Å². The second kappa shape index (κ2) is 2.88. The molecule has 3 fully saturated rings. The van der Waals surface area contributed by atoms with Crippen molar-refractivity contribution in [3.05, 3.63) is 0 Å². The van der Waals surface area contributed by atoms with Crippen molar-refractivity contribution >= 4 is 12.4 Å². The van der Waals surface area contributed by atoms with E-state index in [1.54, 1.807) is 6.42 Å². The molecule has 2 aliphatic carbocycles. The molecule has 70 valence electrons. The lowest BCUT2D eigenvalue weighted by Crippen LogP contribution is -2.44. The molecule has 1 aliphatic heterocycles. The van der Waals surface area contributed by atoms with Crippen LogP contribution in [0.4, 0.5) is 0 Å². The van der Waals surface area contributed by atoms with Crippen LogP contribution in [0.1, 0.15) is 38.5 Å². The van der Waals surface area contributed by atoms with E-state index in [0.717, 1.165) is 11.8 Å². The summed E-state index contributed by atoms with van der Waals surface area (Å²) < 4.78 is 0. The summed E-state index contributed by atoms with van der Waals surface area (Å²) in [4.78, 5) is 0. The summed E-state index contributed by atoms with van der Waals surface area (Å²) in [6.45, 7) is 1.29. The summed E-state index contributed by atoms with van der Waals surface area (Å²) in [5.41, 5.74) is 0.656. The smallest absolute Gasteiger partial charge is 0.0212 e. The molecule has 12 heavy (non-hydrogen) atoms. The topological polar surface area (TPSA) is 12.0 Å². The van der Waals surface area contributed by atoms with Gasteiger partial charge in [-0.15, -0.1) is 12.4 Å². The highest BCUT2D eigenvalue weighted by molar-refractivity contribution is 5.85. The molecule has 3 aliphatic rings. The monoisotopic (exact) mass is 187 g/mol. The van der Waals surface area contributed by atoms with Gasteiger partial charge in [-0.25, -0.2) is 0 Å². The number of rotatable bonds is 0. The highest BCUT2D eigenvalue weighted by Crippen LogP contribution is 2.53. The number of hydrogen-bond donors (Lipinski definition) is 1. The largest absolute Gasteiger partial charge is 0.311 e. The van der Waals surface area contributed by atoms with Crippen LogP contribution in [0.25, 0.3) is 0 Å². The van der Waals surface area contributed by atoms with Crippen molar-refractivity contribution in [2.24, 2.45) is 11.8 Å². The fraction of sp³-hybridized carbons (Fsp3) is 1.00. The van der Waals surface area contributed by atoms with Crippen LogP contribution in [0, 0.1) is 11.8 Å². The molecule has 1 spiro atoms. The SMILES string of the molecule is C1CNC2(C1)CC1CCC2C1.Cl. The summed E-state index contributed by atoms with van der Waals surface area (Å²) >= 11 is 0. The summed E-state index contributed by atoms with van der Waals surface area (Å²) in [7, 11) is 0. The van der Waals surface area contributed by atoms with Crippen molar-refractivity contribution in [3.8, 4) is 0 Å². The Morgan fingerprint density at radius 3 is 2.67 bits per heavy atom. The van der Waals surface area contributed by atoms with Crippen LogP contribution in [-0.4, -0.2) is 12.1 Å². The molecule has 1 saturated heterocycles. The maximum Gasteiger partial charge on any atom is 0.0212 e. The zero-order valence-electron chi connectivity index (χ0n) is 7.51. The van der Waals surface area contributed by atoms with Crippen molar-refractivity contribution in [2.75, 3.05) is 6.54 Å². The third-order valence-corrected chi connectivity index (χ3v) is 4.25. The van der Waals surface area contributed by atoms with Crippen LogP contribution in [-0.2, 0) is 0 Å². The normalized spacial score (nSPS) is 50.0. The summed E-state index contributed by atoms with van der Waals surface area (Å²) in [6, 6.07) is 0. The average Bonchev–Trinajstić information content (AvgIpc) is 2.64. The lowest BCUT2D eigenvalue weighted by atomic mass is 9.80. The van der Waals surface area contributed by atoms with Crippen molar-refractivity contribution in [3.63, 3.8) is 0 Å². The highest BCUT2D eigenvalue weighted by atomic mass is 35.5. The minimum absolute atomic E-state index is 0. The van der Waals surface area contributed by atoms with E-state index in [2.05, 4.69) is 5.32 Å². The van der Waals surface area contributed by atoms with Crippen LogP contribution in [0.5, 0.6) is 0 Å². The predicted octanol–water partition coefficient (Wildman–Crippen LogP) is 2.35.